The lowest BCUT2D eigenvalue weighted by Crippen LogP contribution is -2.61. The largest absolute Gasteiger partial charge is 0.311 e. The zero-order valence-electron chi connectivity index (χ0n) is 83.2. The molecule has 0 amide bonds. The highest BCUT2D eigenvalue weighted by molar-refractivity contribution is 7.00. The van der Waals surface area contributed by atoms with Crippen LogP contribution < -0.4 is 26.2 Å². The molecule has 0 radical (unpaired) electrons. The van der Waals surface area contributed by atoms with Gasteiger partial charge in [-0.25, -0.2) is 0 Å². The number of para-hydroxylation sites is 6. The number of benzene rings is 18. The Bertz CT molecular complexity index is 8690. The molecule has 0 saturated carbocycles. The average Bonchev–Trinajstić information content (AvgIpc) is 1.60. The van der Waals surface area contributed by atoms with Gasteiger partial charge in [0.15, 0.2) is 0 Å². The van der Waals surface area contributed by atoms with E-state index in [-0.39, 0.29) is 55.2 Å². The van der Waals surface area contributed by atoms with E-state index in [0.29, 0.717) is 39.1 Å². The molecule has 0 fully saturated rings. The molecule has 0 N–H and O–H groups in total. The van der Waals surface area contributed by atoms with Gasteiger partial charge in [-0.05, 0) is 208 Å². The van der Waals surface area contributed by atoms with Gasteiger partial charge in [-0.1, -0.05) is 297 Å². The normalized spacial score (nSPS) is 16.8. The Morgan fingerprint density at radius 3 is 1.04 bits per heavy atom. The van der Waals surface area contributed by atoms with Crippen LogP contribution >= 0.6 is 0 Å². The summed E-state index contributed by atoms with van der Waals surface area (Å²) >= 11 is 0. The molecule has 534 valence electrons. The van der Waals surface area contributed by atoms with Crippen LogP contribution in [-0.2, 0) is 10.8 Å². The predicted octanol–water partition coefficient (Wildman–Crippen LogP) is 25.4. The van der Waals surface area contributed by atoms with Crippen molar-refractivity contribution in [3.8, 4) is 72.7 Å². The fraction of sp³-hybridized carbons (Fsp3) is 0.0182. The van der Waals surface area contributed by atoms with Crippen LogP contribution in [0.2, 0.25) is 0 Å². The van der Waals surface area contributed by atoms with Crippen LogP contribution in [0.3, 0.4) is 0 Å². The number of aromatic nitrogens is 3. The van der Waals surface area contributed by atoms with E-state index in [9.17, 15) is 30.2 Å². The van der Waals surface area contributed by atoms with Crippen LogP contribution in [-0.4, -0.2) is 20.4 Å². The molecular formula is C110H66BN5. The molecule has 2 spiro atoms. The Morgan fingerprint density at radius 2 is 0.595 bits per heavy atom. The van der Waals surface area contributed by atoms with Crippen LogP contribution in [0.1, 0.15) is 74.7 Å². The topological polar surface area (TPSA) is 21.3 Å². The summed E-state index contributed by atoms with van der Waals surface area (Å²) in [5.74, 6) is 0. The summed E-state index contributed by atoms with van der Waals surface area (Å²) < 4.78 is 228. The Hall–Kier alpha value is -15.0. The number of hydrogen-bond donors (Lipinski definition) is 0. The van der Waals surface area contributed by atoms with Gasteiger partial charge in [-0.2, -0.15) is 0 Å². The van der Waals surface area contributed by atoms with Crippen LogP contribution in [0.5, 0.6) is 0 Å². The van der Waals surface area contributed by atoms with Gasteiger partial charge >= 0.3 is 0 Å². The maximum atomic E-state index is 12.0. The summed E-state index contributed by atoms with van der Waals surface area (Å²) in [4.78, 5) is 3.82. The van der Waals surface area contributed by atoms with Crippen LogP contribution in [0.15, 0.2) is 400 Å². The first kappa shape index (κ1) is 45.5. The van der Waals surface area contributed by atoms with E-state index in [1.807, 2.05) is 168 Å². The highest BCUT2D eigenvalue weighted by Gasteiger charge is 2.56. The SMILES string of the molecule is [2H]c1c([2H])c(-n2c3c([2H])c([2H])c([2H])c([2H])c3c3c([2H])c([2H])c([2H])c([2H])c32)c([2H])c2c1B1c3c(cc(-c4ccc5c(c4)c4ccccc4n5-c4ccccc4)cc3N(c3cccc4c3-c3ccccc3C43c4ccccc4-c4ccccc43)c3c([2H])c(-n4c5c([2H])c([2H])c([2H])c([2H])c5c5c([2H])c([2H])c([2H])c([2H])c54)c([2H])c([2H])c31)N2c1cccc2c1-c1ccccc1C21c2ccccc2-c2ccccc21. The lowest BCUT2D eigenvalue weighted by molar-refractivity contribution is 0.793. The number of hydrogen-bond acceptors (Lipinski definition) is 2. The van der Waals surface area contributed by atoms with E-state index in [1.165, 1.54) is 0 Å². The molecule has 6 aliphatic rings. The minimum Gasteiger partial charge on any atom is -0.311 e. The molecule has 0 atom stereocenters. The quantitative estimate of drug-likeness (QED) is 0.155. The second-order valence-corrected chi connectivity index (χ2v) is 30.7. The minimum absolute atomic E-state index is 0.159. The first-order valence-corrected chi connectivity index (χ1v) is 38.8. The van der Waals surface area contributed by atoms with Crippen molar-refractivity contribution >= 4 is 123 Å². The minimum atomic E-state index is -1.69. The van der Waals surface area contributed by atoms with Crippen molar-refractivity contribution in [3.63, 3.8) is 0 Å². The molecule has 2 aliphatic heterocycles. The van der Waals surface area contributed by atoms with Crippen molar-refractivity contribution in [3.05, 3.63) is 444 Å². The molecule has 5 heterocycles. The zero-order valence-corrected chi connectivity index (χ0v) is 61.2. The van der Waals surface area contributed by atoms with E-state index in [2.05, 4.69) is 114 Å². The van der Waals surface area contributed by atoms with Crippen LogP contribution in [0.4, 0.5) is 34.1 Å². The Kier molecular flexibility index (Phi) is 8.98. The summed E-state index contributed by atoms with van der Waals surface area (Å²) in [5.41, 5.74) is 14.0. The summed E-state index contributed by atoms with van der Waals surface area (Å²) in [6.07, 6.45) is 0. The molecular weight excluding hydrogens is 1400 g/mol. The summed E-state index contributed by atoms with van der Waals surface area (Å²) in [5, 5.41) is 0.309. The predicted molar refractivity (Wildman–Crippen MR) is 482 cm³/mol. The third-order valence-corrected chi connectivity index (χ3v) is 25.6. The second-order valence-electron chi connectivity index (χ2n) is 30.7. The number of nitrogens with zero attached hydrogens (tertiary/aromatic N) is 5. The smallest absolute Gasteiger partial charge is 0.252 e. The first-order valence-electron chi connectivity index (χ1n) is 49.8. The fourth-order valence-corrected chi connectivity index (χ4v) is 21.3. The number of anilines is 6. The highest BCUT2D eigenvalue weighted by Crippen LogP contribution is 2.68. The molecule has 0 unspecified atom stereocenters. The molecule has 6 heteroatoms. The molecule has 0 saturated heterocycles. The van der Waals surface area contributed by atoms with Crippen LogP contribution in [0, 0.1) is 0 Å². The van der Waals surface area contributed by atoms with Gasteiger partial charge in [0, 0.05) is 83.3 Å². The summed E-state index contributed by atoms with van der Waals surface area (Å²) in [7, 11) is 0. The van der Waals surface area contributed by atoms with Crippen molar-refractivity contribution in [2.45, 2.75) is 10.8 Å². The molecule has 27 rings (SSSR count). The molecule has 21 aromatic rings. The van der Waals surface area contributed by atoms with E-state index in [0.717, 1.165) is 115 Å². The third-order valence-electron chi connectivity index (χ3n) is 25.6. The van der Waals surface area contributed by atoms with E-state index in [1.54, 1.807) is 0 Å². The van der Waals surface area contributed by atoms with Gasteiger partial charge in [-0.3, -0.25) is 0 Å². The fourth-order valence-electron chi connectivity index (χ4n) is 21.3. The molecule has 0 bridgehead atoms. The maximum Gasteiger partial charge on any atom is 0.252 e. The average molecular weight is 1490 g/mol. The summed E-state index contributed by atoms with van der Waals surface area (Å²) in [6.45, 7) is -1.69. The highest BCUT2D eigenvalue weighted by atomic mass is 15.2. The van der Waals surface area contributed by atoms with E-state index in [4.69, 9.17) is 0 Å². The van der Waals surface area contributed by atoms with Crippen molar-refractivity contribution < 1.29 is 30.2 Å². The Morgan fingerprint density at radius 1 is 0.233 bits per heavy atom. The zero-order chi connectivity index (χ0) is 94.5. The van der Waals surface area contributed by atoms with Crippen molar-refractivity contribution in [1.82, 2.24) is 13.7 Å². The standard InChI is InChI=1S/C110H66BN5/c1-2-28-69(29-3-1)112-98-53-25-14-38-80(98)83-62-67(56-61-99(83)112)68-63-104-108-105(64-68)116(101-55-27-48-91-107(101)82-40-9-20-46-89(82)110(91)86-43-17-6-32-74(86)75-33-7-18-44-87(75)110)103-66-71(114-96-51-23-12-36-78(96)79-37-13-24-52-97(79)114)58-60-93(103)111(108)92-59-57-70(113-94-49-21-10-34-76(94)77-35-11-22-50-95(77)113)65-102(92)115(104)100-54-26-47-90-106(100)81-39-8-19-45-88(81)109(90)84-41-15-4-30-72(84)73-31-5-16-42-85(73)109/h1-66H/i10D,11D,12D,13D,21D,22D,23D,24D,34D,35D,36D,37D,49D,50D,51D,52D,57D,58D,59D,60D,65D,66D. The second kappa shape index (κ2) is 22.9. The molecule has 5 nitrogen and oxygen atoms in total. The van der Waals surface area contributed by atoms with E-state index < -0.39 is 184 Å². The number of fused-ring (bicyclic) bond motifs is 33. The lowest BCUT2D eigenvalue weighted by atomic mass is 9.33. The van der Waals surface area contributed by atoms with Gasteiger partial charge < -0.3 is 23.5 Å². The van der Waals surface area contributed by atoms with Crippen LogP contribution in [0.25, 0.3) is 138 Å². The Labute approximate surface area is 701 Å². The monoisotopic (exact) mass is 1490 g/mol. The third kappa shape index (κ3) is 7.81. The molecule has 3 aromatic heterocycles. The molecule has 116 heavy (non-hydrogen) atoms. The van der Waals surface area contributed by atoms with Gasteiger partial charge in [0.05, 0.1) is 85.5 Å². The lowest BCUT2D eigenvalue weighted by Gasteiger charge is -2.45. The van der Waals surface area contributed by atoms with Gasteiger partial charge in [-0.15, -0.1) is 0 Å². The van der Waals surface area contributed by atoms with Crippen molar-refractivity contribution in [2.24, 2.45) is 0 Å². The van der Waals surface area contributed by atoms with Gasteiger partial charge in [0.1, 0.15) is 0 Å². The Balaban J connectivity index is 0.872. The summed E-state index contributed by atoms with van der Waals surface area (Å²) in [6, 6.07) is 74.0. The van der Waals surface area contributed by atoms with Crippen molar-refractivity contribution in [2.75, 3.05) is 9.80 Å². The van der Waals surface area contributed by atoms with Gasteiger partial charge in [0.25, 0.3) is 6.71 Å². The maximum absolute atomic E-state index is 12.0. The van der Waals surface area contributed by atoms with Crippen molar-refractivity contribution in [1.29, 1.82) is 0 Å². The molecule has 18 aromatic carbocycles. The van der Waals surface area contributed by atoms with E-state index >= 15 is 0 Å². The first-order chi connectivity index (χ1) is 66.8. The number of rotatable bonds is 6. The van der Waals surface area contributed by atoms with Gasteiger partial charge in [0.2, 0.25) is 0 Å². The molecule has 4 aliphatic carbocycles.